The molecule has 2 aliphatic carbocycles. The van der Waals surface area contributed by atoms with Crippen LogP contribution in [0, 0.1) is 5.92 Å². The van der Waals surface area contributed by atoms with Gasteiger partial charge in [0.1, 0.15) is 0 Å². The van der Waals surface area contributed by atoms with Crippen LogP contribution in [-0.2, 0) is 12.0 Å². The van der Waals surface area contributed by atoms with Gasteiger partial charge in [0.05, 0.1) is 5.60 Å². The minimum absolute atomic E-state index is 0.571. The molecule has 92 valence electrons. The summed E-state index contributed by atoms with van der Waals surface area (Å²) in [6, 6.07) is 5.98. The van der Waals surface area contributed by atoms with Crippen LogP contribution in [-0.4, -0.2) is 5.11 Å². The molecule has 1 fully saturated rings. The minimum atomic E-state index is -0.571. The number of nitrogen functional groups attached to an aromatic ring is 1. The average Bonchev–Trinajstić information content (AvgIpc) is 2.88. The molecule has 2 nitrogen and oxygen atoms in total. The standard InChI is InChI=1S/C15H21NO/c16-13-5-6-14-12(9-13)7-8-15(14,17)10-11-3-1-2-4-11/h5-6,9,11,17H,1-4,7-8,10,16H2. The van der Waals surface area contributed by atoms with Crippen molar-refractivity contribution in [3.63, 3.8) is 0 Å². The summed E-state index contributed by atoms with van der Waals surface area (Å²) >= 11 is 0. The van der Waals surface area contributed by atoms with Gasteiger partial charge in [-0.1, -0.05) is 31.7 Å². The Morgan fingerprint density at radius 3 is 2.82 bits per heavy atom. The predicted octanol–water partition coefficient (Wildman–Crippen LogP) is 2.98. The summed E-state index contributed by atoms with van der Waals surface area (Å²) in [6.45, 7) is 0. The maximum Gasteiger partial charge on any atom is 0.0905 e. The number of anilines is 1. The van der Waals surface area contributed by atoms with Gasteiger partial charge in [0.25, 0.3) is 0 Å². The molecule has 2 heteroatoms. The molecular weight excluding hydrogens is 210 g/mol. The van der Waals surface area contributed by atoms with E-state index in [1.807, 2.05) is 18.2 Å². The van der Waals surface area contributed by atoms with Gasteiger partial charge in [-0.3, -0.25) is 0 Å². The zero-order chi connectivity index (χ0) is 11.9. The number of nitrogens with two attached hydrogens (primary N) is 1. The number of benzene rings is 1. The third-order valence-corrected chi connectivity index (χ3v) is 4.54. The van der Waals surface area contributed by atoms with E-state index in [4.69, 9.17) is 5.73 Å². The molecule has 0 amide bonds. The predicted molar refractivity (Wildman–Crippen MR) is 69.6 cm³/mol. The van der Waals surface area contributed by atoms with E-state index in [9.17, 15) is 5.11 Å². The van der Waals surface area contributed by atoms with Crippen molar-refractivity contribution >= 4 is 5.69 Å². The summed E-state index contributed by atoms with van der Waals surface area (Å²) in [5.74, 6) is 0.725. The lowest BCUT2D eigenvalue weighted by molar-refractivity contribution is 0.0135. The molecule has 1 unspecified atom stereocenters. The molecule has 3 N–H and O–H groups in total. The van der Waals surface area contributed by atoms with E-state index in [1.54, 1.807) is 0 Å². The van der Waals surface area contributed by atoms with E-state index < -0.39 is 5.60 Å². The van der Waals surface area contributed by atoms with E-state index >= 15 is 0 Å². The average molecular weight is 231 g/mol. The number of hydrogen-bond acceptors (Lipinski definition) is 2. The zero-order valence-electron chi connectivity index (χ0n) is 10.3. The van der Waals surface area contributed by atoms with Crippen LogP contribution in [0.1, 0.15) is 49.7 Å². The third kappa shape index (κ3) is 1.95. The molecule has 0 heterocycles. The lowest BCUT2D eigenvalue weighted by Crippen LogP contribution is -2.25. The Kier molecular flexibility index (Phi) is 2.62. The van der Waals surface area contributed by atoms with Crippen molar-refractivity contribution in [1.29, 1.82) is 0 Å². The molecule has 17 heavy (non-hydrogen) atoms. The first kappa shape index (κ1) is 11.1. The van der Waals surface area contributed by atoms with Gasteiger partial charge in [0.15, 0.2) is 0 Å². The fourth-order valence-electron chi connectivity index (χ4n) is 3.65. The Balaban J connectivity index is 1.85. The van der Waals surface area contributed by atoms with Crippen LogP contribution in [0.5, 0.6) is 0 Å². The van der Waals surface area contributed by atoms with Crippen molar-refractivity contribution in [2.75, 3.05) is 5.73 Å². The Morgan fingerprint density at radius 2 is 2.06 bits per heavy atom. The molecule has 1 saturated carbocycles. The minimum Gasteiger partial charge on any atom is -0.399 e. The molecule has 0 radical (unpaired) electrons. The molecule has 0 bridgehead atoms. The lowest BCUT2D eigenvalue weighted by Gasteiger charge is -2.27. The fourth-order valence-corrected chi connectivity index (χ4v) is 3.65. The van der Waals surface area contributed by atoms with Crippen molar-refractivity contribution < 1.29 is 5.11 Å². The van der Waals surface area contributed by atoms with E-state index in [0.717, 1.165) is 36.4 Å². The monoisotopic (exact) mass is 231 g/mol. The molecule has 0 spiro atoms. The van der Waals surface area contributed by atoms with Gasteiger partial charge >= 0.3 is 0 Å². The fraction of sp³-hybridized carbons (Fsp3) is 0.600. The molecule has 2 aliphatic rings. The zero-order valence-corrected chi connectivity index (χ0v) is 10.3. The van der Waals surface area contributed by atoms with E-state index in [0.29, 0.717) is 0 Å². The highest BCUT2D eigenvalue weighted by atomic mass is 16.3. The van der Waals surface area contributed by atoms with Crippen molar-refractivity contribution in [2.45, 2.75) is 50.5 Å². The summed E-state index contributed by atoms with van der Waals surface area (Å²) in [5, 5.41) is 10.9. The maximum atomic E-state index is 10.9. The second kappa shape index (κ2) is 4.02. The van der Waals surface area contributed by atoms with E-state index in [2.05, 4.69) is 0 Å². The Hall–Kier alpha value is -1.02. The smallest absolute Gasteiger partial charge is 0.0905 e. The molecule has 1 aromatic rings. The van der Waals surface area contributed by atoms with Crippen molar-refractivity contribution in [1.82, 2.24) is 0 Å². The number of aryl methyl sites for hydroxylation is 1. The molecule has 0 aromatic heterocycles. The second-order valence-electron chi connectivity index (χ2n) is 5.80. The third-order valence-electron chi connectivity index (χ3n) is 4.54. The summed E-state index contributed by atoms with van der Waals surface area (Å²) in [4.78, 5) is 0. The van der Waals surface area contributed by atoms with Crippen LogP contribution in [0.15, 0.2) is 18.2 Å². The van der Waals surface area contributed by atoms with E-state index in [-0.39, 0.29) is 0 Å². The highest BCUT2D eigenvalue weighted by molar-refractivity contribution is 5.48. The Morgan fingerprint density at radius 1 is 1.29 bits per heavy atom. The van der Waals surface area contributed by atoms with Gasteiger partial charge in [-0.2, -0.15) is 0 Å². The maximum absolute atomic E-state index is 10.9. The molecule has 0 saturated heterocycles. The van der Waals surface area contributed by atoms with Crippen LogP contribution in [0.3, 0.4) is 0 Å². The van der Waals surface area contributed by atoms with Gasteiger partial charge in [-0.25, -0.2) is 0 Å². The topological polar surface area (TPSA) is 46.2 Å². The van der Waals surface area contributed by atoms with Crippen molar-refractivity contribution in [3.05, 3.63) is 29.3 Å². The first-order valence-corrected chi connectivity index (χ1v) is 6.79. The van der Waals surface area contributed by atoms with Gasteiger partial charge < -0.3 is 10.8 Å². The highest BCUT2D eigenvalue weighted by Crippen LogP contribution is 2.44. The highest BCUT2D eigenvalue weighted by Gasteiger charge is 2.38. The van der Waals surface area contributed by atoms with Crippen LogP contribution in [0.2, 0.25) is 0 Å². The lowest BCUT2D eigenvalue weighted by atomic mass is 9.85. The van der Waals surface area contributed by atoms with Crippen molar-refractivity contribution in [2.24, 2.45) is 5.92 Å². The molecule has 1 aromatic carbocycles. The summed E-state index contributed by atoms with van der Waals surface area (Å²) in [7, 11) is 0. The second-order valence-corrected chi connectivity index (χ2v) is 5.80. The quantitative estimate of drug-likeness (QED) is 0.769. The molecule has 1 atom stereocenters. The summed E-state index contributed by atoms with van der Waals surface area (Å²) in [6.07, 6.45) is 8.08. The first-order chi connectivity index (χ1) is 8.17. The first-order valence-electron chi connectivity index (χ1n) is 6.79. The van der Waals surface area contributed by atoms with E-state index in [1.165, 1.54) is 31.2 Å². The number of fused-ring (bicyclic) bond motifs is 1. The van der Waals surface area contributed by atoms with Gasteiger partial charge in [0, 0.05) is 5.69 Å². The summed E-state index contributed by atoms with van der Waals surface area (Å²) < 4.78 is 0. The van der Waals surface area contributed by atoms with Crippen LogP contribution < -0.4 is 5.73 Å². The number of rotatable bonds is 2. The van der Waals surface area contributed by atoms with Crippen LogP contribution >= 0.6 is 0 Å². The summed E-state index contributed by atoms with van der Waals surface area (Å²) in [5.41, 5.74) is 8.44. The number of hydrogen-bond donors (Lipinski definition) is 2. The van der Waals surface area contributed by atoms with Gasteiger partial charge in [-0.05, 0) is 48.4 Å². The Bertz CT molecular complexity index is 423. The molecular formula is C15H21NO. The van der Waals surface area contributed by atoms with Gasteiger partial charge in [-0.15, -0.1) is 0 Å². The Labute approximate surface area is 103 Å². The van der Waals surface area contributed by atoms with Crippen LogP contribution in [0.4, 0.5) is 5.69 Å². The SMILES string of the molecule is Nc1ccc2c(c1)CCC2(O)CC1CCCC1. The molecule has 0 aliphatic heterocycles. The van der Waals surface area contributed by atoms with Crippen molar-refractivity contribution in [3.8, 4) is 0 Å². The largest absolute Gasteiger partial charge is 0.399 e. The normalized spacial score (nSPS) is 28.5. The van der Waals surface area contributed by atoms with Crippen LogP contribution in [0.25, 0.3) is 0 Å². The molecule has 3 rings (SSSR count). The number of aliphatic hydroxyl groups is 1. The van der Waals surface area contributed by atoms with Gasteiger partial charge in [0.2, 0.25) is 0 Å².